The standard InChI is InChI=1S/C23H22N4O5/c1-13-10-14(2)25-23(24-13)26-17-7-5-6-15(11-17)20(28)27-19-12-16(21(29)31-3)8-9-18(19)22(30)32-4/h5-12H,1-4H3,(H,27,28)(H,24,25,26). The summed E-state index contributed by atoms with van der Waals surface area (Å²) in [5.74, 6) is -1.32. The second-order valence-electron chi connectivity index (χ2n) is 6.88. The first-order valence-electron chi connectivity index (χ1n) is 9.62. The summed E-state index contributed by atoms with van der Waals surface area (Å²) in [5, 5.41) is 5.74. The molecule has 0 atom stereocenters. The molecule has 0 unspecified atom stereocenters. The van der Waals surface area contributed by atoms with Gasteiger partial charge in [-0.15, -0.1) is 0 Å². The number of anilines is 3. The first kappa shape index (κ1) is 22.4. The molecule has 164 valence electrons. The molecule has 9 nitrogen and oxygen atoms in total. The lowest BCUT2D eigenvalue weighted by Gasteiger charge is -2.12. The van der Waals surface area contributed by atoms with E-state index in [-0.39, 0.29) is 16.8 Å². The highest BCUT2D eigenvalue weighted by Gasteiger charge is 2.18. The van der Waals surface area contributed by atoms with Crippen LogP contribution in [0.4, 0.5) is 17.3 Å². The summed E-state index contributed by atoms with van der Waals surface area (Å²) >= 11 is 0. The number of amides is 1. The van der Waals surface area contributed by atoms with Gasteiger partial charge in [0, 0.05) is 22.6 Å². The van der Waals surface area contributed by atoms with Crippen molar-refractivity contribution < 1.29 is 23.9 Å². The Labute approximate surface area is 184 Å². The Kier molecular flexibility index (Phi) is 6.79. The first-order chi connectivity index (χ1) is 15.3. The maximum Gasteiger partial charge on any atom is 0.339 e. The molecule has 1 amide bonds. The predicted octanol–water partition coefficient (Wildman–Crippen LogP) is 3.66. The van der Waals surface area contributed by atoms with Crippen LogP contribution in [-0.2, 0) is 9.47 Å². The van der Waals surface area contributed by atoms with Crippen LogP contribution in [0.25, 0.3) is 0 Å². The van der Waals surface area contributed by atoms with Crippen LogP contribution in [0.5, 0.6) is 0 Å². The van der Waals surface area contributed by atoms with E-state index >= 15 is 0 Å². The van der Waals surface area contributed by atoms with Gasteiger partial charge in [0.15, 0.2) is 0 Å². The smallest absolute Gasteiger partial charge is 0.339 e. The molecule has 0 aliphatic carbocycles. The Balaban J connectivity index is 1.87. The molecule has 3 rings (SSSR count). The van der Waals surface area contributed by atoms with E-state index in [0.29, 0.717) is 17.2 Å². The zero-order valence-corrected chi connectivity index (χ0v) is 18.1. The average Bonchev–Trinajstić information content (AvgIpc) is 2.77. The van der Waals surface area contributed by atoms with Gasteiger partial charge in [0.1, 0.15) is 0 Å². The number of esters is 2. The van der Waals surface area contributed by atoms with E-state index in [1.165, 1.54) is 32.4 Å². The first-order valence-corrected chi connectivity index (χ1v) is 9.62. The van der Waals surface area contributed by atoms with Crippen molar-refractivity contribution in [2.45, 2.75) is 13.8 Å². The number of benzene rings is 2. The van der Waals surface area contributed by atoms with E-state index < -0.39 is 17.8 Å². The molecule has 0 radical (unpaired) electrons. The summed E-state index contributed by atoms with van der Waals surface area (Å²) in [7, 11) is 2.47. The van der Waals surface area contributed by atoms with Crippen LogP contribution in [0.15, 0.2) is 48.5 Å². The van der Waals surface area contributed by atoms with Gasteiger partial charge in [-0.05, 0) is 56.3 Å². The SMILES string of the molecule is COC(=O)c1ccc(C(=O)OC)c(NC(=O)c2cccc(Nc3nc(C)cc(C)n3)c2)c1. The summed E-state index contributed by atoms with van der Waals surface area (Å²) in [5.41, 5.74) is 2.97. The van der Waals surface area contributed by atoms with E-state index in [2.05, 4.69) is 20.6 Å². The highest BCUT2D eigenvalue weighted by Crippen LogP contribution is 2.22. The Morgan fingerprint density at radius 1 is 0.812 bits per heavy atom. The van der Waals surface area contributed by atoms with Crippen LogP contribution in [-0.4, -0.2) is 42.0 Å². The number of aromatic nitrogens is 2. The number of rotatable bonds is 6. The number of carbonyl (C=O) groups excluding carboxylic acids is 3. The maximum absolute atomic E-state index is 12.9. The largest absolute Gasteiger partial charge is 0.465 e. The summed E-state index contributed by atoms with van der Waals surface area (Å²) in [6.45, 7) is 3.73. The molecule has 0 saturated heterocycles. The van der Waals surface area contributed by atoms with Crippen LogP contribution in [0, 0.1) is 13.8 Å². The lowest BCUT2D eigenvalue weighted by Crippen LogP contribution is -2.16. The fourth-order valence-electron chi connectivity index (χ4n) is 3.02. The van der Waals surface area contributed by atoms with Crippen molar-refractivity contribution in [1.82, 2.24) is 9.97 Å². The van der Waals surface area contributed by atoms with Gasteiger partial charge in [-0.2, -0.15) is 0 Å². The Morgan fingerprint density at radius 2 is 1.50 bits per heavy atom. The van der Waals surface area contributed by atoms with Crippen molar-refractivity contribution in [3.63, 3.8) is 0 Å². The van der Waals surface area contributed by atoms with E-state index in [4.69, 9.17) is 9.47 Å². The van der Waals surface area contributed by atoms with Crippen LogP contribution < -0.4 is 10.6 Å². The number of methoxy groups -OCH3 is 2. The molecule has 0 aliphatic heterocycles. The van der Waals surface area contributed by atoms with Gasteiger partial charge in [-0.3, -0.25) is 4.79 Å². The normalized spacial score (nSPS) is 10.2. The van der Waals surface area contributed by atoms with Crippen molar-refractivity contribution in [2.24, 2.45) is 0 Å². The molecular weight excluding hydrogens is 412 g/mol. The van der Waals surface area contributed by atoms with Crippen molar-refractivity contribution >= 4 is 35.2 Å². The minimum atomic E-state index is -0.654. The van der Waals surface area contributed by atoms with Crippen LogP contribution >= 0.6 is 0 Å². The van der Waals surface area contributed by atoms with Crippen LogP contribution in [0.2, 0.25) is 0 Å². The lowest BCUT2D eigenvalue weighted by atomic mass is 10.1. The minimum Gasteiger partial charge on any atom is -0.465 e. The maximum atomic E-state index is 12.9. The van der Waals surface area contributed by atoms with Gasteiger partial charge in [-0.1, -0.05) is 6.07 Å². The summed E-state index contributed by atoms with van der Waals surface area (Å²) < 4.78 is 9.47. The zero-order valence-electron chi connectivity index (χ0n) is 18.1. The Bertz CT molecular complexity index is 1170. The second kappa shape index (κ2) is 9.69. The zero-order chi connectivity index (χ0) is 23.3. The van der Waals surface area contributed by atoms with E-state index in [0.717, 1.165) is 11.4 Å². The average molecular weight is 434 g/mol. The van der Waals surface area contributed by atoms with Crippen LogP contribution in [0.3, 0.4) is 0 Å². The lowest BCUT2D eigenvalue weighted by molar-refractivity contribution is 0.0587. The van der Waals surface area contributed by atoms with Gasteiger partial charge in [0.25, 0.3) is 5.91 Å². The summed E-state index contributed by atoms with van der Waals surface area (Å²) in [6.07, 6.45) is 0. The number of nitrogens with one attached hydrogen (secondary N) is 2. The molecule has 2 aromatic carbocycles. The Hall–Kier alpha value is -4.27. The molecule has 9 heteroatoms. The van der Waals surface area contributed by atoms with Crippen molar-refractivity contribution in [2.75, 3.05) is 24.9 Å². The fourth-order valence-corrected chi connectivity index (χ4v) is 3.02. The van der Waals surface area contributed by atoms with Crippen LogP contribution in [0.1, 0.15) is 42.5 Å². The molecular formula is C23H22N4O5. The molecule has 0 spiro atoms. The van der Waals surface area contributed by atoms with Crippen molar-refractivity contribution in [3.8, 4) is 0 Å². The fraction of sp³-hybridized carbons (Fsp3) is 0.174. The summed E-state index contributed by atoms with van der Waals surface area (Å²) in [6, 6.07) is 12.7. The molecule has 32 heavy (non-hydrogen) atoms. The third kappa shape index (κ3) is 5.25. The topological polar surface area (TPSA) is 120 Å². The van der Waals surface area contributed by atoms with Gasteiger partial charge in [0.05, 0.1) is 31.0 Å². The third-order valence-electron chi connectivity index (χ3n) is 4.46. The number of carbonyl (C=O) groups is 3. The molecule has 1 heterocycles. The highest BCUT2D eigenvalue weighted by atomic mass is 16.5. The molecule has 2 N–H and O–H groups in total. The van der Waals surface area contributed by atoms with E-state index in [9.17, 15) is 14.4 Å². The quantitative estimate of drug-likeness (QED) is 0.564. The molecule has 0 fully saturated rings. The number of hydrogen-bond acceptors (Lipinski definition) is 8. The van der Waals surface area contributed by atoms with E-state index in [1.807, 2.05) is 19.9 Å². The monoisotopic (exact) mass is 434 g/mol. The van der Waals surface area contributed by atoms with E-state index in [1.54, 1.807) is 24.3 Å². The van der Waals surface area contributed by atoms with Crippen molar-refractivity contribution in [3.05, 3.63) is 76.6 Å². The second-order valence-corrected chi connectivity index (χ2v) is 6.88. The number of hydrogen-bond donors (Lipinski definition) is 2. The number of ether oxygens (including phenoxy) is 2. The number of nitrogens with zero attached hydrogens (tertiary/aromatic N) is 2. The molecule has 0 saturated carbocycles. The van der Waals surface area contributed by atoms with Crippen molar-refractivity contribution in [1.29, 1.82) is 0 Å². The molecule has 3 aromatic rings. The minimum absolute atomic E-state index is 0.103. The molecule has 1 aromatic heterocycles. The van der Waals surface area contributed by atoms with Gasteiger partial charge < -0.3 is 20.1 Å². The Morgan fingerprint density at radius 3 is 2.16 bits per heavy atom. The van der Waals surface area contributed by atoms with Gasteiger partial charge in [-0.25, -0.2) is 19.6 Å². The number of aryl methyl sites for hydroxylation is 2. The molecule has 0 bridgehead atoms. The third-order valence-corrected chi connectivity index (χ3v) is 4.46. The molecule has 0 aliphatic rings. The van der Waals surface area contributed by atoms with Gasteiger partial charge in [0.2, 0.25) is 5.95 Å². The highest BCUT2D eigenvalue weighted by molar-refractivity contribution is 6.09. The summed E-state index contributed by atoms with van der Waals surface area (Å²) in [4.78, 5) is 45.5. The van der Waals surface area contributed by atoms with Gasteiger partial charge >= 0.3 is 11.9 Å². The predicted molar refractivity (Wildman–Crippen MR) is 118 cm³/mol.